The summed E-state index contributed by atoms with van der Waals surface area (Å²) < 4.78 is 1.93. The second-order valence-electron chi connectivity index (χ2n) is 5.04. The van der Waals surface area contributed by atoms with Gasteiger partial charge in [-0.1, -0.05) is 24.3 Å². The normalized spacial score (nSPS) is 11.5. The van der Waals surface area contributed by atoms with Gasteiger partial charge < -0.3 is 10.2 Å². The van der Waals surface area contributed by atoms with E-state index in [1.54, 1.807) is 6.20 Å². The van der Waals surface area contributed by atoms with Crippen molar-refractivity contribution in [3.63, 3.8) is 0 Å². The lowest BCUT2D eigenvalue weighted by atomic mass is 10.1. The van der Waals surface area contributed by atoms with Gasteiger partial charge in [-0.3, -0.25) is 4.68 Å². The smallest absolute Gasteiger partial charge is 0.193 e. The van der Waals surface area contributed by atoms with E-state index in [-0.39, 0.29) is 0 Å². The molecule has 0 atom stereocenters. The summed E-state index contributed by atoms with van der Waals surface area (Å²) in [4.78, 5) is 6.67. The zero-order valence-corrected chi connectivity index (χ0v) is 13.0. The van der Waals surface area contributed by atoms with Crippen molar-refractivity contribution in [2.75, 3.05) is 20.6 Å². The van der Waals surface area contributed by atoms with Gasteiger partial charge in [0, 0.05) is 33.0 Å². The fourth-order valence-electron chi connectivity index (χ4n) is 2.11. The molecule has 2 rings (SSSR count). The molecule has 1 aromatic carbocycles. The van der Waals surface area contributed by atoms with E-state index in [1.165, 1.54) is 11.1 Å². The molecular formula is C16H23N5. The number of guanidine groups is 1. The number of hydrogen-bond acceptors (Lipinski definition) is 2. The first kappa shape index (κ1) is 15.1. The highest BCUT2D eigenvalue weighted by atomic mass is 15.3. The van der Waals surface area contributed by atoms with E-state index in [2.05, 4.69) is 46.6 Å². The molecule has 0 aliphatic heterocycles. The minimum Gasteiger partial charge on any atom is -0.357 e. The lowest BCUT2D eigenvalue weighted by Crippen LogP contribution is -2.36. The first-order chi connectivity index (χ1) is 10.2. The van der Waals surface area contributed by atoms with Crippen molar-refractivity contribution >= 4 is 5.96 Å². The van der Waals surface area contributed by atoms with E-state index in [4.69, 9.17) is 0 Å². The van der Waals surface area contributed by atoms with Crippen molar-refractivity contribution in [1.29, 1.82) is 0 Å². The third kappa shape index (κ3) is 4.34. The highest BCUT2D eigenvalue weighted by Gasteiger charge is 2.04. The van der Waals surface area contributed by atoms with Crippen molar-refractivity contribution in [2.24, 2.45) is 4.99 Å². The summed E-state index contributed by atoms with van der Waals surface area (Å²) in [5, 5.41) is 7.54. The van der Waals surface area contributed by atoms with Gasteiger partial charge in [0.05, 0.1) is 13.1 Å². The molecule has 0 spiro atoms. The first-order valence-corrected chi connectivity index (χ1v) is 7.20. The zero-order chi connectivity index (χ0) is 15.1. The molecule has 0 bridgehead atoms. The highest BCUT2D eigenvalue weighted by Crippen LogP contribution is 2.11. The Hall–Kier alpha value is -2.30. The number of nitrogens with zero attached hydrogens (tertiary/aromatic N) is 4. The fourth-order valence-corrected chi connectivity index (χ4v) is 2.11. The first-order valence-electron chi connectivity index (χ1n) is 7.20. The third-order valence-corrected chi connectivity index (χ3v) is 3.17. The van der Waals surface area contributed by atoms with Crippen LogP contribution < -0.4 is 5.32 Å². The predicted octanol–water partition coefficient (Wildman–Crippen LogP) is 1.96. The topological polar surface area (TPSA) is 45.5 Å². The Morgan fingerprint density at radius 1 is 1.24 bits per heavy atom. The Morgan fingerprint density at radius 3 is 2.62 bits per heavy atom. The summed E-state index contributed by atoms with van der Waals surface area (Å²) >= 11 is 0. The van der Waals surface area contributed by atoms with Gasteiger partial charge >= 0.3 is 0 Å². The van der Waals surface area contributed by atoms with Gasteiger partial charge in [-0.15, -0.1) is 0 Å². The number of hydrogen-bond donors (Lipinski definition) is 1. The van der Waals surface area contributed by atoms with Crippen LogP contribution in [0.1, 0.15) is 18.1 Å². The lowest BCUT2D eigenvalue weighted by Gasteiger charge is -2.17. The van der Waals surface area contributed by atoms with Gasteiger partial charge in [0.1, 0.15) is 0 Å². The monoisotopic (exact) mass is 285 g/mol. The molecule has 5 nitrogen and oxygen atoms in total. The van der Waals surface area contributed by atoms with Crippen molar-refractivity contribution in [3.8, 4) is 0 Å². The Bertz CT molecular complexity index is 572. The minimum atomic E-state index is 0.665. The van der Waals surface area contributed by atoms with Crippen LogP contribution in [0.15, 0.2) is 47.7 Å². The molecule has 0 aliphatic carbocycles. The van der Waals surface area contributed by atoms with Crippen LogP contribution in [0.5, 0.6) is 0 Å². The van der Waals surface area contributed by atoms with Crippen LogP contribution in [0.2, 0.25) is 0 Å². The van der Waals surface area contributed by atoms with Crippen LogP contribution in [0.4, 0.5) is 0 Å². The standard InChI is InChI=1S/C16H23N5/c1-4-17-16(20(2)3)18-12-14-8-5-6-9-15(14)13-21-11-7-10-19-21/h5-11H,4,12-13H2,1-3H3,(H,17,18). The molecule has 0 aliphatic rings. The Morgan fingerprint density at radius 2 is 2.00 bits per heavy atom. The molecule has 2 aromatic rings. The molecule has 5 heteroatoms. The van der Waals surface area contributed by atoms with E-state index in [0.29, 0.717) is 6.54 Å². The summed E-state index contributed by atoms with van der Waals surface area (Å²) in [6.45, 7) is 4.38. The average molecular weight is 285 g/mol. The average Bonchev–Trinajstić information content (AvgIpc) is 2.97. The molecule has 0 saturated carbocycles. The number of nitrogens with one attached hydrogen (secondary N) is 1. The van der Waals surface area contributed by atoms with Crippen LogP contribution in [0.3, 0.4) is 0 Å². The summed E-state index contributed by atoms with van der Waals surface area (Å²) in [7, 11) is 3.99. The minimum absolute atomic E-state index is 0.665. The SMILES string of the molecule is CCNC(=NCc1ccccc1Cn1cccn1)N(C)C. The predicted molar refractivity (Wildman–Crippen MR) is 86.3 cm³/mol. The largest absolute Gasteiger partial charge is 0.357 e. The van der Waals surface area contributed by atoms with Gasteiger partial charge in [-0.2, -0.15) is 5.10 Å². The van der Waals surface area contributed by atoms with Crippen molar-refractivity contribution in [2.45, 2.75) is 20.0 Å². The highest BCUT2D eigenvalue weighted by molar-refractivity contribution is 5.79. The maximum atomic E-state index is 4.67. The molecule has 0 saturated heterocycles. The van der Waals surface area contributed by atoms with Gasteiger partial charge in [-0.05, 0) is 24.1 Å². The van der Waals surface area contributed by atoms with E-state index in [9.17, 15) is 0 Å². The number of aliphatic imine (C=N–C) groups is 1. The number of rotatable bonds is 5. The Labute approximate surface area is 126 Å². The molecular weight excluding hydrogens is 262 g/mol. The van der Waals surface area contributed by atoms with Gasteiger partial charge in [0.25, 0.3) is 0 Å². The van der Waals surface area contributed by atoms with Crippen molar-refractivity contribution in [3.05, 3.63) is 53.9 Å². The second-order valence-corrected chi connectivity index (χ2v) is 5.04. The van der Waals surface area contributed by atoms with E-state index < -0.39 is 0 Å². The molecule has 1 aromatic heterocycles. The summed E-state index contributed by atoms with van der Waals surface area (Å²) in [6, 6.07) is 10.3. The summed E-state index contributed by atoms with van der Waals surface area (Å²) in [5.74, 6) is 0.909. The molecule has 0 radical (unpaired) electrons. The zero-order valence-electron chi connectivity index (χ0n) is 13.0. The Kier molecular flexibility index (Phi) is 5.37. The van der Waals surface area contributed by atoms with Crippen LogP contribution in [0, 0.1) is 0 Å². The third-order valence-electron chi connectivity index (χ3n) is 3.17. The van der Waals surface area contributed by atoms with Crippen molar-refractivity contribution in [1.82, 2.24) is 20.0 Å². The molecule has 21 heavy (non-hydrogen) atoms. The van der Waals surface area contributed by atoms with Gasteiger partial charge in [0.2, 0.25) is 0 Å². The number of benzene rings is 1. The molecule has 112 valence electrons. The second kappa shape index (κ2) is 7.47. The van der Waals surface area contributed by atoms with Crippen LogP contribution in [-0.4, -0.2) is 41.3 Å². The van der Waals surface area contributed by atoms with E-state index >= 15 is 0 Å². The molecule has 0 fully saturated rings. The summed E-state index contributed by atoms with van der Waals surface area (Å²) in [6.07, 6.45) is 3.78. The Balaban J connectivity index is 2.14. The van der Waals surface area contributed by atoms with E-state index in [0.717, 1.165) is 19.0 Å². The van der Waals surface area contributed by atoms with Gasteiger partial charge in [-0.25, -0.2) is 4.99 Å². The quantitative estimate of drug-likeness (QED) is 0.675. The molecule has 0 amide bonds. The van der Waals surface area contributed by atoms with Crippen LogP contribution in [-0.2, 0) is 13.1 Å². The maximum absolute atomic E-state index is 4.67. The van der Waals surface area contributed by atoms with Crippen LogP contribution in [0.25, 0.3) is 0 Å². The molecule has 0 unspecified atom stereocenters. The number of aromatic nitrogens is 2. The van der Waals surface area contributed by atoms with E-state index in [1.807, 2.05) is 35.9 Å². The van der Waals surface area contributed by atoms with Crippen molar-refractivity contribution < 1.29 is 0 Å². The molecule has 1 heterocycles. The van der Waals surface area contributed by atoms with Crippen LogP contribution >= 0.6 is 0 Å². The summed E-state index contributed by atoms with van der Waals surface area (Å²) in [5.41, 5.74) is 2.48. The lowest BCUT2D eigenvalue weighted by molar-refractivity contribution is 0.583. The van der Waals surface area contributed by atoms with Gasteiger partial charge in [0.15, 0.2) is 5.96 Å². The fraction of sp³-hybridized carbons (Fsp3) is 0.375. The molecule has 1 N–H and O–H groups in total. The maximum Gasteiger partial charge on any atom is 0.193 e.